The molecule has 0 saturated carbocycles. The van der Waals surface area contributed by atoms with Gasteiger partial charge in [-0.25, -0.2) is 13.4 Å². The first-order chi connectivity index (χ1) is 13.4. The van der Waals surface area contributed by atoms with E-state index in [-0.39, 0.29) is 4.90 Å². The van der Waals surface area contributed by atoms with Crippen LogP contribution in [0.5, 0.6) is 0 Å². The van der Waals surface area contributed by atoms with Crippen LogP contribution >= 0.6 is 0 Å². The van der Waals surface area contributed by atoms with Crippen LogP contribution in [0.1, 0.15) is 11.1 Å². The summed E-state index contributed by atoms with van der Waals surface area (Å²) in [5.74, 6) is 0. The van der Waals surface area contributed by atoms with E-state index >= 15 is 0 Å². The molecule has 0 amide bonds. The summed E-state index contributed by atoms with van der Waals surface area (Å²) in [6.45, 7) is 3.97. The maximum atomic E-state index is 12.8. The minimum atomic E-state index is -3.69. The second-order valence-electron chi connectivity index (χ2n) is 6.86. The van der Waals surface area contributed by atoms with Gasteiger partial charge in [-0.15, -0.1) is 0 Å². The number of aryl methyl sites for hydroxylation is 2. The Morgan fingerprint density at radius 1 is 0.786 bits per heavy atom. The van der Waals surface area contributed by atoms with Crippen molar-refractivity contribution in [2.45, 2.75) is 18.7 Å². The molecule has 0 aliphatic heterocycles. The Kier molecular flexibility index (Phi) is 4.61. The lowest BCUT2D eigenvalue weighted by Gasteiger charge is -2.13. The number of nitrogens with one attached hydrogen (secondary N) is 1. The maximum absolute atomic E-state index is 12.8. The van der Waals surface area contributed by atoms with E-state index in [1.54, 1.807) is 36.4 Å². The van der Waals surface area contributed by atoms with E-state index in [4.69, 9.17) is 4.98 Å². The van der Waals surface area contributed by atoms with Crippen LogP contribution in [0.3, 0.4) is 0 Å². The highest BCUT2D eigenvalue weighted by molar-refractivity contribution is 7.92. The monoisotopic (exact) mass is 388 g/mol. The van der Waals surface area contributed by atoms with Crippen molar-refractivity contribution in [3.8, 4) is 11.3 Å². The molecule has 28 heavy (non-hydrogen) atoms. The molecule has 4 rings (SSSR count). The fraction of sp³-hybridized carbons (Fsp3) is 0.0870. The van der Waals surface area contributed by atoms with Crippen LogP contribution in [-0.2, 0) is 10.0 Å². The smallest absolute Gasteiger partial charge is 0.261 e. The topological polar surface area (TPSA) is 59.1 Å². The highest BCUT2D eigenvalue weighted by atomic mass is 32.2. The van der Waals surface area contributed by atoms with Crippen LogP contribution in [0.25, 0.3) is 22.2 Å². The van der Waals surface area contributed by atoms with Crippen LogP contribution in [0.4, 0.5) is 5.69 Å². The lowest BCUT2D eigenvalue weighted by Crippen LogP contribution is -2.13. The SMILES string of the molecule is Cc1ccc(S(=O)(=O)Nc2ccccc2-c2ccc3cc(C)ccc3n2)cc1. The Bertz CT molecular complexity index is 1260. The lowest BCUT2D eigenvalue weighted by atomic mass is 10.1. The number of benzene rings is 3. The molecular formula is C23H20N2O2S. The molecule has 5 heteroatoms. The van der Waals surface area contributed by atoms with Gasteiger partial charge >= 0.3 is 0 Å². The van der Waals surface area contributed by atoms with Gasteiger partial charge in [0.1, 0.15) is 0 Å². The molecule has 0 fully saturated rings. The third kappa shape index (κ3) is 3.62. The number of sulfonamides is 1. The Morgan fingerprint density at radius 2 is 1.50 bits per heavy atom. The molecule has 0 radical (unpaired) electrons. The van der Waals surface area contributed by atoms with Gasteiger partial charge in [-0.3, -0.25) is 4.72 Å². The number of para-hydroxylation sites is 1. The van der Waals surface area contributed by atoms with Gasteiger partial charge in [-0.2, -0.15) is 0 Å². The van der Waals surface area contributed by atoms with Gasteiger partial charge in [0, 0.05) is 10.9 Å². The highest BCUT2D eigenvalue weighted by Crippen LogP contribution is 2.30. The van der Waals surface area contributed by atoms with Crippen LogP contribution in [-0.4, -0.2) is 13.4 Å². The molecule has 4 nitrogen and oxygen atoms in total. The Labute approximate surface area is 164 Å². The average molecular weight is 388 g/mol. The average Bonchev–Trinajstić information content (AvgIpc) is 2.68. The van der Waals surface area contributed by atoms with Crippen molar-refractivity contribution in [1.29, 1.82) is 0 Å². The predicted octanol–water partition coefficient (Wildman–Crippen LogP) is 5.32. The number of aromatic nitrogens is 1. The molecule has 0 aliphatic rings. The van der Waals surface area contributed by atoms with E-state index in [2.05, 4.69) is 10.8 Å². The van der Waals surface area contributed by atoms with E-state index in [0.717, 1.165) is 27.7 Å². The number of fused-ring (bicyclic) bond motifs is 1. The van der Waals surface area contributed by atoms with Crippen molar-refractivity contribution >= 4 is 26.6 Å². The van der Waals surface area contributed by atoms with Gasteiger partial charge in [0.15, 0.2) is 0 Å². The van der Waals surface area contributed by atoms with Gasteiger partial charge in [0.05, 0.1) is 21.8 Å². The minimum absolute atomic E-state index is 0.231. The van der Waals surface area contributed by atoms with Gasteiger partial charge in [-0.1, -0.05) is 53.6 Å². The normalized spacial score (nSPS) is 11.5. The molecule has 1 aromatic heterocycles. The van der Waals surface area contributed by atoms with Crippen molar-refractivity contribution in [1.82, 2.24) is 4.98 Å². The fourth-order valence-corrected chi connectivity index (χ4v) is 4.19. The highest BCUT2D eigenvalue weighted by Gasteiger charge is 2.17. The third-order valence-electron chi connectivity index (χ3n) is 4.62. The first kappa shape index (κ1) is 18.2. The summed E-state index contributed by atoms with van der Waals surface area (Å²) >= 11 is 0. The Hall–Kier alpha value is -3.18. The predicted molar refractivity (Wildman–Crippen MR) is 114 cm³/mol. The van der Waals surface area contributed by atoms with E-state index in [9.17, 15) is 8.42 Å². The van der Waals surface area contributed by atoms with Crippen molar-refractivity contribution in [2.24, 2.45) is 0 Å². The fourth-order valence-electron chi connectivity index (χ4n) is 3.11. The lowest BCUT2D eigenvalue weighted by molar-refractivity contribution is 0.601. The number of nitrogens with zero attached hydrogens (tertiary/aromatic N) is 1. The zero-order valence-electron chi connectivity index (χ0n) is 15.7. The van der Waals surface area contributed by atoms with Crippen LogP contribution in [0.15, 0.2) is 83.8 Å². The zero-order chi connectivity index (χ0) is 19.7. The molecule has 4 aromatic rings. The summed E-state index contributed by atoms with van der Waals surface area (Å²) in [5.41, 5.74) is 5.02. The summed E-state index contributed by atoms with van der Waals surface area (Å²) in [7, 11) is -3.69. The van der Waals surface area contributed by atoms with Crippen LogP contribution in [0.2, 0.25) is 0 Å². The first-order valence-corrected chi connectivity index (χ1v) is 10.5. The number of pyridine rings is 1. The summed E-state index contributed by atoms with van der Waals surface area (Å²) < 4.78 is 28.3. The van der Waals surface area contributed by atoms with Crippen molar-refractivity contribution in [2.75, 3.05) is 4.72 Å². The van der Waals surface area contributed by atoms with E-state index in [1.807, 2.05) is 50.2 Å². The zero-order valence-corrected chi connectivity index (χ0v) is 16.5. The van der Waals surface area contributed by atoms with Crippen LogP contribution in [0, 0.1) is 13.8 Å². The maximum Gasteiger partial charge on any atom is 0.261 e. The quantitative estimate of drug-likeness (QED) is 0.515. The Balaban J connectivity index is 1.75. The summed E-state index contributed by atoms with van der Waals surface area (Å²) in [4.78, 5) is 4.96. The van der Waals surface area contributed by atoms with Crippen molar-refractivity contribution in [3.05, 3.63) is 90.0 Å². The van der Waals surface area contributed by atoms with E-state index < -0.39 is 10.0 Å². The molecule has 0 bridgehead atoms. The molecular weight excluding hydrogens is 368 g/mol. The molecule has 0 unspecified atom stereocenters. The number of hydrogen-bond donors (Lipinski definition) is 1. The number of rotatable bonds is 4. The standard InChI is InChI=1S/C23H20N2O2S/c1-16-7-11-19(12-8-16)28(26,27)25-23-6-4-3-5-20(23)22-14-10-18-15-17(2)9-13-21(18)24-22/h3-15,25H,1-2H3. The summed E-state index contributed by atoms with van der Waals surface area (Å²) in [5, 5.41) is 1.06. The van der Waals surface area contributed by atoms with Gasteiger partial charge in [0.2, 0.25) is 0 Å². The molecule has 0 spiro atoms. The molecule has 0 aliphatic carbocycles. The van der Waals surface area contributed by atoms with Gasteiger partial charge < -0.3 is 0 Å². The second kappa shape index (κ2) is 7.09. The van der Waals surface area contributed by atoms with Crippen LogP contribution < -0.4 is 4.72 Å². The first-order valence-electron chi connectivity index (χ1n) is 8.99. The minimum Gasteiger partial charge on any atom is -0.279 e. The molecule has 3 aromatic carbocycles. The van der Waals surface area contributed by atoms with Gasteiger partial charge in [0.25, 0.3) is 10.0 Å². The number of hydrogen-bond acceptors (Lipinski definition) is 3. The second-order valence-corrected chi connectivity index (χ2v) is 8.54. The van der Waals surface area contributed by atoms with Crippen molar-refractivity contribution in [3.63, 3.8) is 0 Å². The number of anilines is 1. The van der Waals surface area contributed by atoms with Gasteiger partial charge in [-0.05, 0) is 50.2 Å². The Morgan fingerprint density at radius 3 is 2.29 bits per heavy atom. The molecule has 0 saturated heterocycles. The largest absolute Gasteiger partial charge is 0.279 e. The molecule has 0 atom stereocenters. The summed E-state index contributed by atoms with van der Waals surface area (Å²) in [6.07, 6.45) is 0. The molecule has 1 N–H and O–H groups in total. The third-order valence-corrected chi connectivity index (χ3v) is 6.00. The molecule has 140 valence electrons. The van der Waals surface area contributed by atoms with Crippen molar-refractivity contribution < 1.29 is 8.42 Å². The van der Waals surface area contributed by atoms with E-state index in [0.29, 0.717) is 5.69 Å². The summed E-state index contributed by atoms with van der Waals surface area (Å²) in [6, 6.07) is 24.1. The van der Waals surface area contributed by atoms with E-state index in [1.165, 1.54) is 5.56 Å². The molecule has 1 heterocycles.